The molecule has 0 radical (unpaired) electrons. The van der Waals surface area contributed by atoms with Crippen LogP contribution in [0, 0.1) is 6.92 Å². The van der Waals surface area contributed by atoms with E-state index in [4.69, 9.17) is 10.9 Å². The quantitative estimate of drug-likeness (QED) is 0.317. The summed E-state index contributed by atoms with van der Waals surface area (Å²) in [4.78, 5) is 2.26. The van der Waals surface area contributed by atoms with Gasteiger partial charge in [0.15, 0.2) is 5.84 Å². The molecule has 0 amide bonds. The Morgan fingerprint density at radius 1 is 1.39 bits per heavy atom. The summed E-state index contributed by atoms with van der Waals surface area (Å²) >= 11 is 0. The van der Waals surface area contributed by atoms with Crippen LogP contribution in [-0.2, 0) is 0 Å². The summed E-state index contributed by atoms with van der Waals surface area (Å²) in [5.74, 6) is 0.124. The average Bonchev–Trinajstić information content (AvgIpc) is 2.39. The molecule has 1 heterocycles. The minimum absolute atomic E-state index is 0.124. The number of aryl methyl sites for hydroxylation is 1. The fourth-order valence-electron chi connectivity index (χ4n) is 2.33. The number of piperidine rings is 1. The van der Waals surface area contributed by atoms with E-state index in [0.717, 1.165) is 42.7 Å². The van der Waals surface area contributed by atoms with Crippen LogP contribution in [0.1, 0.15) is 24.0 Å². The Morgan fingerprint density at radius 3 is 2.61 bits per heavy atom. The summed E-state index contributed by atoms with van der Waals surface area (Å²) in [5.41, 5.74) is 8.52. The second-order valence-electron chi connectivity index (χ2n) is 4.70. The van der Waals surface area contributed by atoms with Gasteiger partial charge < -0.3 is 20.9 Å². The molecular formula is C13H19N3O2. The molecule has 0 atom stereocenters. The number of aliphatic hydroxyl groups is 1. The maximum absolute atomic E-state index is 9.51. The molecule has 1 fully saturated rings. The molecule has 1 aliphatic rings. The number of hydrogen-bond donors (Lipinski definition) is 3. The predicted octanol–water partition coefficient (Wildman–Crippen LogP) is 1.05. The molecule has 1 saturated heterocycles. The van der Waals surface area contributed by atoms with E-state index in [-0.39, 0.29) is 11.9 Å². The number of amidine groups is 1. The SMILES string of the molecule is Cc1cc(/C(N)=N/O)ccc1N1CCC(O)CC1. The first-order valence-electron chi connectivity index (χ1n) is 6.13. The van der Waals surface area contributed by atoms with Gasteiger partial charge >= 0.3 is 0 Å². The van der Waals surface area contributed by atoms with Crippen LogP contribution in [-0.4, -0.2) is 35.3 Å². The average molecular weight is 249 g/mol. The Hall–Kier alpha value is -1.75. The molecule has 0 saturated carbocycles. The van der Waals surface area contributed by atoms with Gasteiger partial charge in [-0.05, 0) is 43.5 Å². The molecule has 1 aromatic carbocycles. The number of hydrogen-bond acceptors (Lipinski definition) is 4. The number of oxime groups is 1. The largest absolute Gasteiger partial charge is 0.409 e. The molecule has 1 aliphatic heterocycles. The van der Waals surface area contributed by atoms with Crippen molar-refractivity contribution in [3.8, 4) is 0 Å². The summed E-state index contributed by atoms with van der Waals surface area (Å²) in [5, 5.41) is 21.2. The highest BCUT2D eigenvalue weighted by Gasteiger charge is 2.18. The second kappa shape index (κ2) is 5.27. The maximum Gasteiger partial charge on any atom is 0.170 e. The zero-order chi connectivity index (χ0) is 13.1. The van der Waals surface area contributed by atoms with Crippen LogP contribution < -0.4 is 10.6 Å². The lowest BCUT2D eigenvalue weighted by Crippen LogP contribution is -2.36. The molecule has 4 N–H and O–H groups in total. The van der Waals surface area contributed by atoms with E-state index in [1.807, 2.05) is 25.1 Å². The zero-order valence-corrected chi connectivity index (χ0v) is 10.5. The third-order valence-corrected chi connectivity index (χ3v) is 3.41. The molecule has 1 aromatic rings. The first-order chi connectivity index (χ1) is 8.61. The number of aliphatic hydroxyl groups excluding tert-OH is 1. The molecule has 0 aliphatic carbocycles. The van der Waals surface area contributed by atoms with E-state index in [1.165, 1.54) is 0 Å². The van der Waals surface area contributed by atoms with Gasteiger partial charge in [-0.3, -0.25) is 0 Å². The third-order valence-electron chi connectivity index (χ3n) is 3.41. The van der Waals surface area contributed by atoms with E-state index in [2.05, 4.69) is 10.1 Å². The Balaban J connectivity index is 2.20. The Bertz CT molecular complexity index is 452. The van der Waals surface area contributed by atoms with Crippen LogP contribution >= 0.6 is 0 Å². The molecule has 5 nitrogen and oxygen atoms in total. The van der Waals surface area contributed by atoms with Gasteiger partial charge in [-0.25, -0.2) is 0 Å². The fraction of sp³-hybridized carbons (Fsp3) is 0.462. The van der Waals surface area contributed by atoms with Crippen LogP contribution in [0.15, 0.2) is 23.4 Å². The van der Waals surface area contributed by atoms with Crippen molar-refractivity contribution in [2.24, 2.45) is 10.9 Å². The topological polar surface area (TPSA) is 82.1 Å². The van der Waals surface area contributed by atoms with Gasteiger partial charge in [0.1, 0.15) is 0 Å². The van der Waals surface area contributed by atoms with E-state index < -0.39 is 0 Å². The molecule has 0 bridgehead atoms. The van der Waals surface area contributed by atoms with Gasteiger partial charge in [-0.15, -0.1) is 0 Å². The maximum atomic E-state index is 9.51. The summed E-state index contributed by atoms with van der Waals surface area (Å²) in [6.07, 6.45) is 1.45. The van der Waals surface area contributed by atoms with Gasteiger partial charge in [0.25, 0.3) is 0 Å². The van der Waals surface area contributed by atoms with Gasteiger partial charge in [-0.1, -0.05) is 5.16 Å². The summed E-state index contributed by atoms with van der Waals surface area (Å²) < 4.78 is 0. The van der Waals surface area contributed by atoms with Crippen LogP contribution in [0.2, 0.25) is 0 Å². The summed E-state index contributed by atoms with van der Waals surface area (Å²) in [6.45, 7) is 3.74. The first kappa shape index (κ1) is 12.7. The Labute approximate surface area is 107 Å². The number of anilines is 1. The van der Waals surface area contributed by atoms with E-state index >= 15 is 0 Å². The highest BCUT2D eigenvalue weighted by atomic mass is 16.4. The van der Waals surface area contributed by atoms with E-state index in [1.54, 1.807) is 0 Å². The highest BCUT2D eigenvalue weighted by Crippen LogP contribution is 2.24. The van der Waals surface area contributed by atoms with Crippen molar-refractivity contribution in [1.82, 2.24) is 0 Å². The van der Waals surface area contributed by atoms with Gasteiger partial charge in [0.05, 0.1) is 6.10 Å². The van der Waals surface area contributed by atoms with Gasteiger partial charge in [-0.2, -0.15) is 0 Å². The smallest absolute Gasteiger partial charge is 0.170 e. The second-order valence-corrected chi connectivity index (χ2v) is 4.70. The van der Waals surface area contributed by atoms with Crippen LogP contribution in [0.25, 0.3) is 0 Å². The minimum Gasteiger partial charge on any atom is -0.409 e. The third kappa shape index (κ3) is 2.56. The minimum atomic E-state index is -0.169. The number of nitrogens with two attached hydrogens (primary N) is 1. The predicted molar refractivity (Wildman–Crippen MR) is 71.1 cm³/mol. The number of rotatable bonds is 2. The summed E-state index contributed by atoms with van der Waals surface area (Å²) in [7, 11) is 0. The zero-order valence-electron chi connectivity index (χ0n) is 10.5. The number of nitrogens with zero attached hydrogens (tertiary/aromatic N) is 2. The summed E-state index contributed by atoms with van der Waals surface area (Å²) in [6, 6.07) is 5.75. The molecule has 0 aromatic heterocycles. The van der Waals surface area contributed by atoms with Crippen molar-refractivity contribution in [3.63, 3.8) is 0 Å². The van der Waals surface area contributed by atoms with Crippen LogP contribution in [0.3, 0.4) is 0 Å². The van der Waals surface area contributed by atoms with Crippen molar-refractivity contribution in [2.45, 2.75) is 25.9 Å². The lowest BCUT2D eigenvalue weighted by molar-refractivity contribution is 0.145. The lowest BCUT2D eigenvalue weighted by Gasteiger charge is -2.32. The van der Waals surface area contributed by atoms with Crippen molar-refractivity contribution in [3.05, 3.63) is 29.3 Å². The lowest BCUT2D eigenvalue weighted by atomic mass is 10.0. The Kier molecular flexibility index (Phi) is 3.72. The van der Waals surface area contributed by atoms with Crippen molar-refractivity contribution < 1.29 is 10.3 Å². The molecule has 18 heavy (non-hydrogen) atoms. The number of benzene rings is 1. The standard InChI is InChI=1S/C13H19N3O2/c1-9-8-10(13(14)15-18)2-3-12(9)16-6-4-11(17)5-7-16/h2-3,8,11,17-18H,4-7H2,1H3,(H2,14,15). The molecule has 98 valence electrons. The normalized spacial score (nSPS) is 18.1. The van der Waals surface area contributed by atoms with Crippen LogP contribution in [0.5, 0.6) is 0 Å². The van der Waals surface area contributed by atoms with Gasteiger partial charge in [0, 0.05) is 24.3 Å². The van der Waals surface area contributed by atoms with E-state index in [9.17, 15) is 5.11 Å². The van der Waals surface area contributed by atoms with Crippen molar-refractivity contribution in [2.75, 3.05) is 18.0 Å². The van der Waals surface area contributed by atoms with Crippen molar-refractivity contribution >= 4 is 11.5 Å². The van der Waals surface area contributed by atoms with Crippen LogP contribution in [0.4, 0.5) is 5.69 Å². The Morgan fingerprint density at radius 2 is 2.06 bits per heavy atom. The monoisotopic (exact) mass is 249 g/mol. The molecule has 0 spiro atoms. The first-order valence-corrected chi connectivity index (χ1v) is 6.13. The van der Waals surface area contributed by atoms with Gasteiger partial charge in [0.2, 0.25) is 0 Å². The molecule has 2 rings (SSSR count). The molecular weight excluding hydrogens is 230 g/mol. The van der Waals surface area contributed by atoms with E-state index in [0.29, 0.717) is 0 Å². The molecule has 5 heteroatoms. The van der Waals surface area contributed by atoms with Crippen molar-refractivity contribution in [1.29, 1.82) is 0 Å². The fourth-order valence-corrected chi connectivity index (χ4v) is 2.33. The molecule has 0 unspecified atom stereocenters. The highest BCUT2D eigenvalue weighted by molar-refractivity contribution is 5.97.